The van der Waals surface area contributed by atoms with Crippen LogP contribution in [0.5, 0.6) is 0 Å². The van der Waals surface area contributed by atoms with Crippen LogP contribution in [-0.4, -0.2) is 22.8 Å². The molecule has 0 aliphatic heterocycles. The van der Waals surface area contributed by atoms with Crippen molar-refractivity contribution in [3.05, 3.63) is 11.7 Å². The maximum absolute atomic E-state index is 5.92. The van der Waals surface area contributed by atoms with Gasteiger partial charge in [0.15, 0.2) is 0 Å². The molecule has 2 N–H and O–H groups in total. The molecule has 1 aliphatic rings. The van der Waals surface area contributed by atoms with E-state index in [0.717, 1.165) is 31.6 Å². The van der Waals surface area contributed by atoms with Gasteiger partial charge in [0.1, 0.15) is 6.10 Å². The molecule has 1 unspecified atom stereocenters. The van der Waals surface area contributed by atoms with E-state index >= 15 is 0 Å². The summed E-state index contributed by atoms with van der Waals surface area (Å²) in [5, 5.41) is 4.11. The van der Waals surface area contributed by atoms with Crippen molar-refractivity contribution < 1.29 is 9.26 Å². The van der Waals surface area contributed by atoms with E-state index in [2.05, 4.69) is 24.0 Å². The standard InChI is InChI=1S/C14H25N3O2/c1-4-18-12(9(2)3)13-16-14(19-17-13)10-5-7-11(15)8-6-10/h9-12H,4-8,15H2,1-3H3. The molecule has 0 spiro atoms. The first-order chi connectivity index (χ1) is 9.11. The fraction of sp³-hybridized carbons (Fsp3) is 0.857. The van der Waals surface area contributed by atoms with Gasteiger partial charge in [-0.1, -0.05) is 19.0 Å². The van der Waals surface area contributed by atoms with Crippen molar-refractivity contribution in [2.24, 2.45) is 11.7 Å². The lowest BCUT2D eigenvalue weighted by atomic mass is 9.86. The Bertz CT molecular complexity index is 384. The maximum Gasteiger partial charge on any atom is 0.229 e. The number of hydrogen-bond acceptors (Lipinski definition) is 5. The second kappa shape index (κ2) is 6.48. The quantitative estimate of drug-likeness (QED) is 0.888. The van der Waals surface area contributed by atoms with Crippen LogP contribution in [-0.2, 0) is 4.74 Å². The zero-order valence-corrected chi connectivity index (χ0v) is 12.1. The van der Waals surface area contributed by atoms with Crippen molar-refractivity contribution >= 4 is 0 Å². The minimum atomic E-state index is -0.0756. The lowest BCUT2D eigenvalue weighted by molar-refractivity contribution is 0.0217. The summed E-state index contributed by atoms with van der Waals surface area (Å²) in [4.78, 5) is 4.56. The molecule has 5 nitrogen and oxygen atoms in total. The average molecular weight is 267 g/mol. The molecule has 19 heavy (non-hydrogen) atoms. The first-order valence-corrected chi connectivity index (χ1v) is 7.32. The van der Waals surface area contributed by atoms with Crippen LogP contribution in [0.25, 0.3) is 0 Å². The molecule has 0 saturated heterocycles. The Balaban J connectivity index is 2.05. The van der Waals surface area contributed by atoms with Gasteiger partial charge in [-0.05, 0) is 38.5 Å². The molecule has 5 heteroatoms. The molecule has 0 bridgehead atoms. The van der Waals surface area contributed by atoms with Crippen LogP contribution in [0.15, 0.2) is 4.52 Å². The Kier molecular flexibility index (Phi) is 4.93. The maximum atomic E-state index is 5.92. The fourth-order valence-electron chi connectivity index (χ4n) is 2.64. The predicted octanol–water partition coefficient (Wildman–Crippen LogP) is 2.79. The monoisotopic (exact) mass is 267 g/mol. The molecule has 0 aromatic carbocycles. The number of nitrogens with zero attached hydrogens (tertiary/aromatic N) is 2. The van der Waals surface area contributed by atoms with E-state index in [0.29, 0.717) is 30.3 Å². The Morgan fingerprint density at radius 2 is 2.00 bits per heavy atom. The van der Waals surface area contributed by atoms with Crippen LogP contribution >= 0.6 is 0 Å². The normalized spacial score (nSPS) is 25.7. The highest BCUT2D eigenvalue weighted by atomic mass is 16.5. The number of hydrogen-bond donors (Lipinski definition) is 1. The topological polar surface area (TPSA) is 74.2 Å². The third-order valence-electron chi connectivity index (χ3n) is 3.78. The fourth-order valence-corrected chi connectivity index (χ4v) is 2.64. The van der Waals surface area contributed by atoms with Crippen molar-refractivity contribution in [1.29, 1.82) is 0 Å². The second-order valence-electron chi connectivity index (χ2n) is 5.72. The molecule has 1 atom stereocenters. The summed E-state index contributed by atoms with van der Waals surface area (Å²) in [7, 11) is 0. The molecule has 108 valence electrons. The summed E-state index contributed by atoms with van der Waals surface area (Å²) in [6.07, 6.45) is 4.10. The Labute approximate surface area is 114 Å². The first kappa shape index (κ1) is 14.5. The third-order valence-corrected chi connectivity index (χ3v) is 3.78. The highest BCUT2D eigenvalue weighted by Crippen LogP contribution is 2.32. The van der Waals surface area contributed by atoms with Crippen LogP contribution in [0.2, 0.25) is 0 Å². The van der Waals surface area contributed by atoms with E-state index in [4.69, 9.17) is 15.0 Å². The Morgan fingerprint density at radius 1 is 1.32 bits per heavy atom. The zero-order valence-electron chi connectivity index (χ0n) is 12.1. The summed E-state index contributed by atoms with van der Waals surface area (Å²) >= 11 is 0. The molecule has 1 heterocycles. The second-order valence-corrected chi connectivity index (χ2v) is 5.72. The van der Waals surface area contributed by atoms with Gasteiger partial charge in [-0.3, -0.25) is 0 Å². The van der Waals surface area contributed by atoms with E-state index in [1.807, 2.05) is 6.92 Å². The van der Waals surface area contributed by atoms with Crippen molar-refractivity contribution in [2.45, 2.75) is 64.5 Å². The molecule has 1 aliphatic carbocycles. The van der Waals surface area contributed by atoms with Crippen LogP contribution in [0.1, 0.15) is 70.2 Å². The van der Waals surface area contributed by atoms with Gasteiger partial charge in [0.05, 0.1) is 0 Å². The number of rotatable bonds is 5. The molecule has 2 rings (SSSR count). The molecular formula is C14H25N3O2. The van der Waals surface area contributed by atoms with Gasteiger partial charge >= 0.3 is 0 Å². The molecule has 0 amide bonds. The number of nitrogens with two attached hydrogens (primary N) is 1. The van der Waals surface area contributed by atoms with E-state index < -0.39 is 0 Å². The van der Waals surface area contributed by atoms with Gasteiger partial charge in [-0.25, -0.2) is 0 Å². The molecular weight excluding hydrogens is 242 g/mol. The number of aromatic nitrogens is 2. The summed E-state index contributed by atoms with van der Waals surface area (Å²) in [5.41, 5.74) is 5.92. The average Bonchev–Trinajstić information content (AvgIpc) is 2.85. The zero-order chi connectivity index (χ0) is 13.8. The summed E-state index contributed by atoms with van der Waals surface area (Å²) in [6.45, 7) is 6.86. The molecule has 1 saturated carbocycles. The van der Waals surface area contributed by atoms with Gasteiger partial charge < -0.3 is 15.0 Å². The van der Waals surface area contributed by atoms with Crippen LogP contribution in [0.3, 0.4) is 0 Å². The third kappa shape index (κ3) is 3.54. The van der Waals surface area contributed by atoms with Crippen LogP contribution in [0, 0.1) is 5.92 Å². The SMILES string of the molecule is CCOC(c1noc(C2CCC(N)CC2)n1)C(C)C. The van der Waals surface area contributed by atoms with E-state index in [9.17, 15) is 0 Å². The minimum Gasteiger partial charge on any atom is -0.370 e. The predicted molar refractivity (Wildman–Crippen MR) is 72.7 cm³/mol. The van der Waals surface area contributed by atoms with Crippen molar-refractivity contribution in [3.63, 3.8) is 0 Å². The summed E-state index contributed by atoms with van der Waals surface area (Å²) < 4.78 is 11.1. The van der Waals surface area contributed by atoms with Crippen molar-refractivity contribution in [1.82, 2.24) is 10.1 Å². The molecule has 1 fully saturated rings. The van der Waals surface area contributed by atoms with Crippen LogP contribution < -0.4 is 5.73 Å². The summed E-state index contributed by atoms with van der Waals surface area (Å²) in [6, 6.07) is 0.338. The largest absolute Gasteiger partial charge is 0.370 e. The highest BCUT2D eigenvalue weighted by molar-refractivity contribution is 4.99. The molecule has 0 radical (unpaired) electrons. The van der Waals surface area contributed by atoms with Gasteiger partial charge in [-0.2, -0.15) is 4.98 Å². The van der Waals surface area contributed by atoms with Gasteiger partial charge in [0.2, 0.25) is 11.7 Å². The van der Waals surface area contributed by atoms with Crippen molar-refractivity contribution in [3.8, 4) is 0 Å². The Morgan fingerprint density at radius 3 is 2.58 bits per heavy atom. The summed E-state index contributed by atoms with van der Waals surface area (Å²) in [5.74, 6) is 2.15. The lowest BCUT2D eigenvalue weighted by Crippen LogP contribution is -2.25. The van der Waals surface area contributed by atoms with Gasteiger partial charge in [-0.15, -0.1) is 0 Å². The van der Waals surface area contributed by atoms with Crippen LogP contribution in [0.4, 0.5) is 0 Å². The highest BCUT2D eigenvalue weighted by Gasteiger charge is 2.27. The van der Waals surface area contributed by atoms with E-state index in [-0.39, 0.29) is 6.10 Å². The minimum absolute atomic E-state index is 0.0756. The van der Waals surface area contributed by atoms with Gasteiger partial charge in [0.25, 0.3) is 0 Å². The molecule has 1 aromatic rings. The Hall–Kier alpha value is -0.940. The number of ether oxygens (including phenoxy) is 1. The van der Waals surface area contributed by atoms with E-state index in [1.165, 1.54) is 0 Å². The first-order valence-electron chi connectivity index (χ1n) is 7.32. The van der Waals surface area contributed by atoms with Gasteiger partial charge in [0, 0.05) is 18.6 Å². The lowest BCUT2D eigenvalue weighted by Gasteiger charge is -2.23. The van der Waals surface area contributed by atoms with Crippen molar-refractivity contribution in [2.75, 3.05) is 6.61 Å². The van der Waals surface area contributed by atoms with E-state index in [1.54, 1.807) is 0 Å². The molecule has 1 aromatic heterocycles. The smallest absolute Gasteiger partial charge is 0.229 e.